The van der Waals surface area contributed by atoms with Gasteiger partial charge in [-0.25, -0.2) is 13.2 Å². The van der Waals surface area contributed by atoms with Gasteiger partial charge in [0.1, 0.15) is 5.82 Å². The summed E-state index contributed by atoms with van der Waals surface area (Å²) in [5, 5.41) is 2.40. The van der Waals surface area contributed by atoms with Crippen molar-refractivity contribution in [1.29, 1.82) is 0 Å². The molecule has 0 saturated carbocycles. The van der Waals surface area contributed by atoms with E-state index in [1.165, 1.54) is 13.0 Å². The van der Waals surface area contributed by atoms with E-state index in [-0.39, 0.29) is 12.5 Å². The summed E-state index contributed by atoms with van der Waals surface area (Å²) in [6, 6.07) is 1.56. The summed E-state index contributed by atoms with van der Waals surface area (Å²) in [7, 11) is 0. The van der Waals surface area contributed by atoms with Gasteiger partial charge in [-0.05, 0) is 12.1 Å². The standard InChI is InChI=1S/C11H10F3NO/c1-7(16)15-6-2-3-8-9(12)4-5-10(13)11(8)14/h2-5H,6H2,1H3,(H,15,16). The second-order valence-electron chi connectivity index (χ2n) is 3.10. The number of halogens is 3. The maximum Gasteiger partial charge on any atom is 0.217 e. The first-order chi connectivity index (χ1) is 7.52. The zero-order valence-electron chi connectivity index (χ0n) is 8.56. The van der Waals surface area contributed by atoms with Crippen molar-refractivity contribution in [2.45, 2.75) is 6.92 Å². The Bertz CT molecular complexity index is 429. The van der Waals surface area contributed by atoms with Crippen LogP contribution in [0.3, 0.4) is 0 Å². The zero-order chi connectivity index (χ0) is 12.1. The highest BCUT2D eigenvalue weighted by atomic mass is 19.2. The van der Waals surface area contributed by atoms with Crippen LogP contribution in [0, 0.1) is 17.5 Å². The number of hydrogen-bond donors (Lipinski definition) is 1. The largest absolute Gasteiger partial charge is 0.353 e. The monoisotopic (exact) mass is 229 g/mol. The molecule has 1 aromatic rings. The lowest BCUT2D eigenvalue weighted by atomic mass is 10.1. The van der Waals surface area contributed by atoms with Crippen LogP contribution in [0.5, 0.6) is 0 Å². The van der Waals surface area contributed by atoms with E-state index in [2.05, 4.69) is 5.32 Å². The molecule has 0 fully saturated rings. The van der Waals surface area contributed by atoms with E-state index in [4.69, 9.17) is 0 Å². The minimum absolute atomic E-state index is 0.130. The summed E-state index contributed by atoms with van der Waals surface area (Å²) in [6.07, 6.45) is 2.42. The van der Waals surface area contributed by atoms with Gasteiger partial charge in [-0.2, -0.15) is 0 Å². The summed E-state index contributed by atoms with van der Waals surface area (Å²) in [4.78, 5) is 10.5. The Labute approximate surface area is 90.8 Å². The number of nitrogens with one attached hydrogen (secondary N) is 1. The highest BCUT2D eigenvalue weighted by Crippen LogP contribution is 2.16. The minimum atomic E-state index is -1.24. The topological polar surface area (TPSA) is 29.1 Å². The van der Waals surface area contributed by atoms with E-state index in [0.717, 1.165) is 18.2 Å². The quantitative estimate of drug-likeness (QED) is 0.791. The number of carbonyl (C=O) groups is 1. The molecule has 0 heterocycles. The lowest BCUT2D eigenvalue weighted by molar-refractivity contribution is -0.118. The van der Waals surface area contributed by atoms with Crippen LogP contribution >= 0.6 is 0 Å². The average Bonchev–Trinajstić information content (AvgIpc) is 2.22. The maximum absolute atomic E-state index is 13.1. The van der Waals surface area contributed by atoms with Gasteiger partial charge in [-0.1, -0.05) is 12.2 Å². The van der Waals surface area contributed by atoms with Crippen molar-refractivity contribution in [2.75, 3.05) is 6.54 Å². The van der Waals surface area contributed by atoms with Gasteiger partial charge in [0.2, 0.25) is 5.91 Å². The van der Waals surface area contributed by atoms with Gasteiger partial charge in [0, 0.05) is 19.0 Å². The van der Waals surface area contributed by atoms with Crippen LogP contribution in [0.4, 0.5) is 13.2 Å². The Hall–Kier alpha value is -1.78. The summed E-state index contributed by atoms with van der Waals surface area (Å²) in [5.74, 6) is -3.46. The van der Waals surface area contributed by atoms with E-state index in [1.807, 2.05) is 0 Å². The van der Waals surface area contributed by atoms with Crippen molar-refractivity contribution in [3.05, 3.63) is 41.2 Å². The second kappa shape index (κ2) is 5.34. The van der Waals surface area contributed by atoms with Crippen LogP contribution in [-0.2, 0) is 4.79 Å². The highest BCUT2D eigenvalue weighted by Gasteiger charge is 2.10. The van der Waals surface area contributed by atoms with Gasteiger partial charge in [0.05, 0.1) is 0 Å². The molecule has 1 aromatic carbocycles. The molecular formula is C11H10F3NO. The van der Waals surface area contributed by atoms with Gasteiger partial charge in [-0.15, -0.1) is 0 Å². The number of benzene rings is 1. The maximum atomic E-state index is 13.1. The molecule has 0 atom stereocenters. The third kappa shape index (κ3) is 3.12. The number of hydrogen-bond acceptors (Lipinski definition) is 1. The zero-order valence-corrected chi connectivity index (χ0v) is 8.56. The van der Waals surface area contributed by atoms with Crippen LogP contribution in [0.1, 0.15) is 12.5 Å². The molecule has 1 N–H and O–H groups in total. The van der Waals surface area contributed by atoms with Gasteiger partial charge >= 0.3 is 0 Å². The fraction of sp³-hybridized carbons (Fsp3) is 0.182. The van der Waals surface area contributed by atoms with Crippen molar-refractivity contribution in [1.82, 2.24) is 5.32 Å². The average molecular weight is 229 g/mol. The van der Waals surface area contributed by atoms with Crippen molar-refractivity contribution >= 4 is 12.0 Å². The minimum Gasteiger partial charge on any atom is -0.353 e. The van der Waals surface area contributed by atoms with Crippen LogP contribution in [0.2, 0.25) is 0 Å². The molecule has 0 aliphatic heterocycles. The Morgan fingerprint density at radius 1 is 1.31 bits per heavy atom. The summed E-state index contributed by atoms with van der Waals surface area (Å²) >= 11 is 0. The predicted octanol–water partition coefficient (Wildman–Crippen LogP) is 2.25. The molecule has 0 aliphatic carbocycles. The van der Waals surface area contributed by atoms with E-state index in [9.17, 15) is 18.0 Å². The molecule has 1 amide bonds. The second-order valence-corrected chi connectivity index (χ2v) is 3.10. The van der Waals surface area contributed by atoms with Gasteiger partial charge < -0.3 is 5.32 Å². The fourth-order valence-corrected chi connectivity index (χ4v) is 1.07. The molecule has 1 rings (SSSR count). The molecule has 86 valence electrons. The van der Waals surface area contributed by atoms with Crippen LogP contribution in [-0.4, -0.2) is 12.5 Å². The smallest absolute Gasteiger partial charge is 0.217 e. The van der Waals surface area contributed by atoms with E-state index >= 15 is 0 Å². The van der Waals surface area contributed by atoms with Crippen molar-refractivity contribution in [3.8, 4) is 0 Å². The number of carbonyl (C=O) groups excluding carboxylic acids is 1. The summed E-state index contributed by atoms with van der Waals surface area (Å²) < 4.78 is 38.9. The first-order valence-corrected chi connectivity index (χ1v) is 4.57. The molecule has 2 nitrogen and oxygen atoms in total. The molecule has 0 bridgehead atoms. The predicted molar refractivity (Wildman–Crippen MR) is 54.0 cm³/mol. The number of rotatable bonds is 3. The summed E-state index contributed by atoms with van der Waals surface area (Å²) in [6.45, 7) is 1.45. The third-order valence-electron chi connectivity index (χ3n) is 1.83. The summed E-state index contributed by atoms with van der Waals surface area (Å²) in [5.41, 5.74) is -0.453. The van der Waals surface area contributed by atoms with Gasteiger partial charge in [-0.3, -0.25) is 4.79 Å². The number of amides is 1. The normalized spacial score (nSPS) is 10.8. The van der Waals surface area contributed by atoms with Crippen molar-refractivity contribution in [2.24, 2.45) is 0 Å². The Morgan fingerprint density at radius 3 is 2.56 bits per heavy atom. The Balaban J connectivity index is 2.80. The SMILES string of the molecule is CC(=O)NCC=Cc1c(F)ccc(F)c1F. The van der Waals surface area contributed by atoms with Gasteiger partial charge in [0.15, 0.2) is 11.6 Å². The molecular weight excluding hydrogens is 219 g/mol. The van der Waals surface area contributed by atoms with Gasteiger partial charge in [0.25, 0.3) is 0 Å². The van der Waals surface area contributed by atoms with Crippen LogP contribution in [0.15, 0.2) is 18.2 Å². The first kappa shape index (κ1) is 12.3. The van der Waals surface area contributed by atoms with E-state index in [0.29, 0.717) is 0 Å². The molecule has 0 aliphatic rings. The molecule has 0 spiro atoms. The van der Waals surface area contributed by atoms with Crippen molar-refractivity contribution < 1.29 is 18.0 Å². The van der Waals surface area contributed by atoms with E-state index in [1.54, 1.807) is 0 Å². The highest BCUT2D eigenvalue weighted by molar-refractivity contribution is 5.73. The fourth-order valence-electron chi connectivity index (χ4n) is 1.07. The molecule has 0 aromatic heterocycles. The third-order valence-corrected chi connectivity index (χ3v) is 1.83. The lowest BCUT2D eigenvalue weighted by Gasteiger charge is -2.00. The molecule has 0 radical (unpaired) electrons. The molecule has 16 heavy (non-hydrogen) atoms. The van der Waals surface area contributed by atoms with Crippen LogP contribution in [0.25, 0.3) is 6.08 Å². The van der Waals surface area contributed by atoms with Crippen molar-refractivity contribution in [3.63, 3.8) is 0 Å². The van der Waals surface area contributed by atoms with Crippen LogP contribution < -0.4 is 5.32 Å². The molecule has 0 saturated heterocycles. The Morgan fingerprint density at radius 2 is 1.94 bits per heavy atom. The Kier molecular flexibility index (Phi) is 4.10. The first-order valence-electron chi connectivity index (χ1n) is 4.57. The van der Waals surface area contributed by atoms with E-state index < -0.39 is 23.0 Å². The molecule has 5 heteroatoms. The molecule has 0 unspecified atom stereocenters. The lowest BCUT2D eigenvalue weighted by Crippen LogP contribution is -2.19.